The zero-order valence-corrected chi connectivity index (χ0v) is 9.86. The maximum atomic E-state index is 10.3. The van der Waals surface area contributed by atoms with Crippen molar-refractivity contribution in [3.63, 3.8) is 0 Å². The van der Waals surface area contributed by atoms with Crippen molar-refractivity contribution >= 4 is 19.9 Å². The van der Waals surface area contributed by atoms with Crippen LogP contribution < -0.4 is 5.32 Å². The van der Waals surface area contributed by atoms with E-state index in [2.05, 4.69) is 5.32 Å². The minimum atomic E-state index is -3.87. The Bertz CT molecular complexity index is 218. The molecule has 14 heavy (non-hydrogen) atoms. The first kappa shape index (κ1) is 14.2. The molecule has 0 radical (unpaired) electrons. The van der Waals surface area contributed by atoms with E-state index in [0.29, 0.717) is 23.1 Å². The van der Waals surface area contributed by atoms with Crippen LogP contribution in [0.5, 0.6) is 0 Å². The number of methoxy groups -OCH3 is 1. The summed E-state index contributed by atoms with van der Waals surface area (Å²) in [4.78, 5) is 0. The first-order valence-corrected chi connectivity index (χ1v) is 7.32. The lowest BCUT2D eigenvalue weighted by atomic mass is 10.3. The van der Waals surface area contributed by atoms with E-state index in [1.165, 1.54) is 0 Å². The van der Waals surface area contributed by atoms with Gasteiger partial charge >= 0.3 is 9.15 Å². The molecule has 0 unspecified atom stereocenters. The minimum absolute atomic E-state index is 0.364. The molecule has 0 saturated heterocycles. The van der Waals surface area contributed by atoms with Crippen LogP contribution in [-0.2, 0) is 13.9 Å². The fourth-order valence-electron chi connectivity index (χ4n) is 0.841. The van der Waals surface area contributed by atoms with Gasteiger partial charge in [0.05, 0.1) is 0 Å². The number of rotatable bonds is 9. The lowest BCUT2D eigenvalue weighted by molar-refractivity contribution is 0.192. The smallest absolute Gasteiger partial charge is 0.319 e. The number of unbranched alkanes of at least 4 members (excludes halogenated alkanes) is 1. The number of hydrogen-bond donors (Lipinski definition) is 2. The zero-order valence-electron chi connectivity index (χ0n) is 8.23. The topological polar surface area (TPSA) is 75.6 Å². The fourth-order valence-corrected chi connectivity index (χ4v) is 2.16. The predicted molar refractivity (Wildman–Crippen MR) is 58.0 cm³/mol. The third-order valence-corrected chi connectivity index (χ3v) is 3.53. The summed E-state index contributed by atoms with van der Waals surface area (Å²) in [5, 5.41) is 3.06. The molecule has 0 aromatic carbocycles. The normalized spacial score (nSPS) is 11.9. The Morgan fingerprint density at radius 1 is 1.36 bits per heavy atom. The Hall–Kier alpha value is 0.180. The molecule has 0 rings (SSSR count). The summed E-state index contributed by atoms with van der Waals surface area (Å²) in [6, 6.07) is 0. The van der Waals surface area contributed by atoms with Gasteiger partial charge in [0.1, 0.15) is 0 Å². The summed E-state index contributed by atoms with van der Waals surface area (Å²) >= 11 is 0. The van der Waals surface area contributed by atoms with Crippen LogP contribution in [0.4, 0.5) is 0 Å². The standard InChI is InChI=1S/C7H17NO4S2/c1-12-6-3-2-4-8-5-7-13-14(9,10)11/h8H,2-7H2,1H3,(H,9,10,11). The highest BCUT2D eigenvalue weighted by molar-refractivity contribution is 8.69. The van der Waals surface area contributed by atoms with Gasteiger partial charge in [0.2, 0.25) is 0 Å². The van der Waals surface area contributed by atoms with Crippen LogP contribution in [0.2, 0.25) is 0 Å². The van der Waals surface area contributed by atoms with E-state index in [-0.39, 0.29) is 0 Å². The molecule has 0 aliphatic carbocycles. The lowest BCUT2D eigenvalue weighted by Crippen LogP contribution is -2.19. The quantitative estimate of drug-likeness (QED) is 0.350. The molecular formula is C7H17NO4S2. The molecule has 0 saturated carbocycles. The van der Waals surface area contributed by atoms with E-state index in [1.807, 2.05) is 0 Å². The molecule has 0 aliphatic heterocycles. The van der Waals surface area contributed by atoms with Crippen molar-refractivity contribution in [1.82, 2.24) is 5.32 Å². The van der Waals surface area contributed by atoms with Crippen molar-refractivity contribution in [3.8, 4) is 0 Å². The number of ether oxygens (including phenoxy) is 1. The van der Waals surface area contributed by atoms with Crippen molar-refractivity contribution in [2.24, 2.45) is 0 Å². The van der Waals surface area contributed by atoms with Gasteiger partial charge in [-0.3, -0.25) is 4.55 Å². The highest BCUT2D eigenvalue weighted by Gasteiger charge is 2.03. The fraction of sp³-hybridized carbons (Fsp3) is 1.00. The number of nitrogens with one attached hydrogen (secondary N) is 1. The average Bonchev–Trinajstić information content (AvgIpc) is 2.08. The Balaban J connectivity index is 3.07. The van der Waals surface area contributed by atoms with E-state index < -0.39 is 9.15 Å². The van der Waals surface area contributed by atoms with Crippen molar-refractivity contribution in [2.45, 2.75) is 12.8 Å². The van der Waals surface area contributed by atoms with Crippen molar-refractivity contribution in [1.29, 1.82) is 0 Å². The van der Waals surface area contributed by atoms with E-state index in [1.54, 1.807) is 7.11 Å². The molecule has 0 aliphatic rings. The molecule has 86 valence electrons. The summed E-state index contributed by atoms with van der Waals surface area (Å²) in [5.41, 5.74) is 0. The van der Waals surface area contributed by atoms with Gasteiger partial charge in [0.15, 0.2) is 0 Å². The van der Waals surface area contributed by atoms with Gasteiger partial charge in [-0.1, -0.05) is 0 Å². The third kappa shape index (κ3) is 12.2. The second-order valence-corrected chi connectivity index (χ2v) is 6.17. The monoisotopic (exact) mass is 243 g/mol. The van der Waals surface area contributed by atoms with Gasteiger partial charge in [0.25, 0.3) is 0 Å². The first-order chi connectivity index (χ1) is 6.56. The molecular weight excluding hydrogens is 226 g/mol. The SMILES string of the molecule is COCCCCNCCSS(=O)(=O)O. The van der Waals surface area contributed by atoms with Crippen LogP contribution in [0.15, 0.2) is 0 Å². The van der Waals surface area contributed by atoms with Crippen LogP contribution in [0.3, 0.4) is 0 Å². The van der Waals surface area contributed by atoms with Gasteiger partial charge < -0.3 is 10.1 Å². The molecule has 2 N–H and O–H groups in total. The molecule has 0 fully saturated rings. The second kappa shape index (κ2) is 8.49. The van der Waals surface area contributed by atoms with Gasteiger partial charge in [-0.25, -0.2) is 0 Å². The Kier molecular flexibility index (Phi) is 8.59. The summed E-state index contributed by atoms with van der Waals surface area (Å²) in [6.07, 6.45) is 2.00. The maximum absolute atomic E-state index is 10.3. The van der Waals surface area contributed by atoms with Crippen LogP contribution in [0, 0.1) is 0 Å². The Labute approximate surface area is 88.7 Å². The highest BCUT2D eigenvalue weighted by Crippen LogP contribution is 2.06. The van der Waals surface area contributed by atoms with Gasteiger partial charge in [-0.2, -0.15) is 8.42 Å². The number of hydrogen-bond acceptors (Lipinski definition) is 5. The van der Waals surface area contributed by atoms with Crippen LogP contribution >= 0.6 is 10.8 Å². The zero-order chi connectivity index (χ0) is 10.9. The van der Waals surface area contributed by atoms with Crippen LogP contribution in [0.25, 0.3) is 0 Å². The van der Waals surface area contributed by atoms with E-state index in [9.17, 15) is 8.42 Å². The largest absolute Gasteiger partial charge is 0.385 e. The van der Waals surface area contributed by atoms with Crippen molar-refractivity contribution in [3.05, 3.63) is 0 Å². The van der Waals surface area contributed by atoms with E-state index in [4.69, 9.17) is 9.29 Å². The first-order valence-electron chi connectivity index (χ1n) is 4.38. The predicted octanol–water partition coefficient (Wildman–Crippen LogP) is 0.539. The Morgan fingerprint density at radius 3 is 2.64 bits per heavy atom. The van der Waals surface area contributed by atoms with Gasteiger partial charge in [-0.15, -0.1) is 0 Å². The summed E-state index contributed by atoms with van der Waals surface area (Å²) < 4.78 is 33.8. The molecule has 0 bridgehead atoms. The van der Waals surface area contributed by atoms with Crippen molar-refractivity contribution in [2.75, 3.05) is 32.6 Å². The van der Waals surface area contributed by atoms with Crippen molar-refractivity contribution < 1.29 is 17.7 Å². The molecule has 0 aromatic rings. The van der Waals surface area contributed by atoms with E-state index in [0.717, 1.165) is 26.0 Å². The lowest BCUT2D eigenvalue weighted by Gasteiger charge is -2.02. The average molecular weight is 243 g/mol. The Morgan fingerprint density at radius 2 is 2.07 bits per heavy atom. The molecule has 7 heteroatoms. The highest BCUT2D eigenvalue weighted by atomic mass is 33.1. The van der Waals surface area contributed by atoms with E-state index >= 15 is 0 Å². The second-order valence-electron chi connectivity index (χ2n) is 2.70. The van der Waals surface area contributed by atoms with Crippen LogP contribution in [-0.4, -0.2) is 45.5 Å². The van der Waals surface area contributed by atoms with Gasteiger partial charge in [0, 0.05) is 26.0 Å². The molecule has 5 nitrogen and oxygen atoms in total. The summed E-state index contributed by atoms with van der Waals surface area (Å²) in [7, 11) is -1.66. The van der Waals surface area contributed by atoms with Crippen LogP contribution in [0.1, 0.15) is 12.8 Å². The molecule has 0 atom stereocenters. The van der Waals surface area contributed by atoms with Gasteiger partial charge in [-0.05, 0) is 30.2 Å². The third-order valence-electron chi connectivity index (χ3n) is 1.46. The summed E-state index contributed by atoms with van der Waals surface area (Å²) in [6.45, 7) is 2.17. The maximum Gasteiger partial charge on any atom is 0.319 e. The molecule has 0 aromatic heterocycles. The molecule has 0 amide bonds. The summed E-state index contributed by atoms with van der Waals surface area (Å²) in [5.74, 6) is 0.364. The molecule has 0 heterocycles. The molecule has 0 spiro atoms. The minimum Gasteiger partial charge on any atom is -0.385 e.